The minimum atomic E-state index is -4.42. The third kappa shape index (κ3) is 26.2. The Balaban J connectivity index is 3.26. The molecule has 7 nitrogen and oxygen atoms in total. The molecule has 0 aromatic heterocycles. The highest BCUT2D eigenvalue weighted by Crippen LogP contribution is 2.35. The number of hydrogen-bond donors (Lipinski definition) is 2. The molecule has 0 aliphatic rings. The minimum absolute atomic E-state index is 0.101. The van der Waals surface area contributed by atoms with Crippen LogP contribution in [0.4, 0.5) is 0 Å². The molecule has 0 fully saturated rings. The maximum atomic E-state index is 10.5. The summed E-state index contributed by atoms with van der Waals surface area (Å²) in [5.41, 5.74) is 0. The number of methoxy groups -OCH3 is 1. The van der Waals surface area contributed by atoms with Gasteiger partial charge in [0.1, 0.15) is 6.10 Å². The molecule has 0 aromatic carbocycles. The van der Waals surface area contributed by atoms with Crippen molar-refractivity contribution in [2.45, 2.75) is 116 Å². The van der Waals surface area contributed by atoms with Gasteiger partial charge in [-0.2, -0.15) is 0 Å². The van der Waals surface area contributed by atoms with Gasteiger partial charge in [0, 0.05) is 13.7 Å². The maximum absolute atomic E-state index is 10.5. The van der Waals surface area contributed by atoms with Crippen LogP contribution in [0.5, 0.6) is 0 Å². The van der Waals surface area contributed by atoms with Crippen molar-refractivity contribution >= 4 is 7.82 Å². The van der Waals surface area contributed by atoms with Gasteiger partial charge in [-0.3, -0.25) is 4.52 Å². The van der Waals surface area contributed by atoms with Gasteiger partial charge in [0.2, 0.25) is 0 Å². The van der Waals surface area contributed by atoms with Gasteiger partial charge >= 0.3 is 7.82 Å². The lowest BCUT2D eigenvalue weighted by Crippen LogP contribution is -2.25. The monoisotopic (exact) mass is 482 g/mol. The van der Waals surface area contributed by atoms with Crippen LogP contribution in [0, 0.1) is 0 Å². The van der Waals surface area contributed by atoms with Crippen molar-refractivity contribution in [1.82, 2.24) is 0 Å². The summed E-state index contributed by atoms with van der Waals surface area (Å²) in [7, 11) is -2.83. The van der Waals surface area contributed by atoms with Crippen LogP contribution < -0.4 is 0 Å². The van der Waals surface area contributed by atoms with Crippen molar-refractivity contribution in [3.63, 3.8) is 0 Å². The lowest BCUT2D eigenvalue weighted by Gasteiger charge is -2.16. The van der Waals surface area contributed by atoms with Crippen LogP contribution in [0.25, 0.3) is 0 Å². The third-order valence-corrected chi connectivity index (χ3v) is 6.09. The smallest absolute Gasteiger partial charge is 0.379 e. The van der Waals surface area contributed by atoms with E-state index in [0.717, 1.165) is 13.0 Å². The number of rotatable bonds is 26. The SMILES string of the molecule is CCCCCCCCCCCCCCCCCCOC[C@@H](COCCOP(=O)(O)O)OC. The standard InChI is InChI=1S/C24H51O7P/c1-3-4-5-6-7-8-9-10-11-12-13-14-15-16-17-18-19-29-22-24(28-2)23-30-20-21-31-32(25,26)27/h24H,3-23H2,1-2H3,(H2,25,26,27)/t24-/m0/s1. The Morgan fingerprint density at radius 2 is 1.03 bits per heavy atom. The van der Waals surface area contributed by atoms with Crippen molar-refractivity contribution in [2.24, 2.45) is 0 Å². The van der Waals surface area contributed by atoms with Crippen LogP contribution in [0.1, 0.15) is 110 Å². The van der Waals surface area contributed by atoms with Crippen molar-refractivity contribution < 1.29 is 33.1 Å². The van der Waals surface area contributed by atoms with Crippen molar-refractivity contribution in [3.8, 4) is 0 Å². The zero-order chi connectivity index (χ0) is 23.8. The normalized spacial score (nSPS) is 13.0. The molecule has 0 saturated heterocycles. The summed E-state index contributed by atoms with van der Waals surface area (Å²) in [5, 5.41) is 0. The number of phosphoric ester groups is 1. The van der Waals surface area contributed by atoms with Crippen LogP contribution in [-0.4, -0.2) is 56.0 Å². The first-order valence-electron chi connectivity index (χ1n) is 12.9. The number of unbranched alkanes of at least 4 members (excludes halogenated alkanes) is 15. The molecule has 0 saturated carbocycles. The molecule has 0 bridgehead atoms. The Morgan fingerprint density at radius 3 is 1.44 bits per heavy atom. The van der Waals surface area contributed by atoms with Crippen molar-refractivity contribution in [1.29, 1.82) is 0 Å². The maximum Gasteiger partial charge on any atom is 0.469 e. The molecule has 0 amide bonds. The summed E-state index contributed by atoms with van der Waals surface area (Å²) in [5.74, 6) is 0. The third-order valence-electron chi connectivity index (χ3n) is 5.57. The summed E-state index contributed by atoms with van der Waals surface area (Å²) in [4.78, 5) is 17.2. The fraction of sp³-hybridized carbons (Fsp3) is 1.00. The van der Waals surface area contributed by atoms with Gasteiger partial charge in [0.05, 0.1) is 26.4 Å². The Bertz CT molecular complexity index is 417. The second kappa shape index (κ2) is 24.1. The Labute approximate surface area is 197 Å². The molecule has 0 aliphatic carbocycles. The Kier molecular flexibility index (Phi) is 24.1. The molecule has 0 rings (SSSR count). The van der Waals surface area contributed by atoms with Crippen LogP contribution in [-0.2, 0) is 23.3 Å². The van der Waals surface area contributed by atoms with Gasteiger partial charge in [-0.25, -0.2) is 4.57 Å². The lowest BCUT2D eigenvalue weighted by atomic mass is 10.0. The van der Waals surface area contributed by atoms with E-state index in [1.807, 2.05) is 0 Å². The van der Waals surface area contributed by atoms with Gasteiger partial charge in [0.15, 0.2) is 0 Å². The van der Waals surface area contributed by atoms with E-state index in [0.29, 0.717) is 13.2 Å². The van der Waals surface area contributed by atoms with E-state index < -0.39 is 7.82 Å². The van der Waals surface area contributed by atoms with Crippen LogP contribution >= 0.6 is 7.82 Å². The predicted molar refractivity (Wildman–Crippen MR) is 130 cm³/mol. The van der Waals surface area contributed by atoms with Gasteiger partial charge in [0.25, 0.3) is 0 Å². The molecular weight excluding hydrogens is 431 g/mol. The summed E-state index contributed by atoms with van der Waals surface area (Å²) in [6.45, 7) is 3.70. The first kappa shape index (κ1) is 32.0. The molecular formula is C24H51O7P. The molecule has 194 valence electrons. The molecule has 1 atom stereocenters. The summed E-state index contributed by atoms with van der Waals surface area (Å²) in [6.07, 6.45) is 21.5. The average Bonchev–Trinajstić information content (AvgIpc) is 2.75. The number of hydrogen-bond acceptors (Lipinski definition) is 5. The molecule has 0 aromatic rings. The number of ether oxygens (including phenoxy) is 3. The van der Waals surface area contributed by atoms with E-state index >= 15 is 0 Å². The van der Waals surface area contributed by atoms with Gasteiger partial charge in [-0.1, -0.05) is 103 Å². The van der Waals surface area contributed by atoms with Crippen molar-refractivity contribution in [2.75, 3.05) is 40.1 Å². The van der Waals surface area contributed by atoms with Gasteiger partial charge in [-0.15, -0.1) is 0 Å². The molecule has 0 heterocycles. The highest BCUT2D eigenvalue weighted by atomic mass is 31.2. The van der Waals surface area contributed by atoms with Crippen LogP contribution in [0.15, 0.2) is 0 Å². The highest BCUT2D eigenvalue weighted by molar-refractivity contribution is 7.46. The average molecular weight is 483 g/mol. The van der Waals surface area contributed by atoms with E-state index in [4.69, 9.17) is 24.0 Å². The zero-order valence-corrected chi connectivity index (χ0v) is 21.7. The fourth-order valence-corrected chi connectivity index (χ4v) is 3.89. The summed E-state index contributed by atoms with van der Waals surface area (Å²) < 4.78 is 31.1. The lowest BCUT2D eigenvalue weighted by molar-refractivity contribution is -0.0457. The molecule has 0 radical (unpaired) electrons. The second-order valence-corrected chi connectivity index (χ2v) is 9.87. The van der Waals surface area contributed by atoms with E-state index in [2.05, 4.69) is 11.4 Å². The Hall–Kier alpha value is -0.0100. The predicted octanol–water partition coefficient (Wildman–Crippen LogP) is 6.41. The molecule has 0 unspecified atom stereocenters. The first-order valence-corrected chi connectivity index (χ1v) is 14.4. The van der Waals surface area contributed by atoms with E-state index in [1.165, 1.54) is 96.3 Å². The minimum Gasteiger partial charge on any atom is -0.379 e. The van der Waals surface area contributed by atoms with Gasteiger partial charge < -0.3 is 24.0 Å². The van der Waals surface area contributed by atoms with Crippen LogP contribution in [0.3, 0.4) is 0 Å². The first-order chi connectivity index (χ1) is 15.5. The number of phosphoric acid groups is 1. The summed E-state index contributed by atoms with van der Waals surface area (Å²) >= 11 is 0. The second-order valence-electron chi connectivity index (χ2n) is 8.63. The molecule has 0 aliphatic heterocycles. The van der Waals surface area contributed by atoms with Crippen molar-refractivity contribution in [3.05, 3.63) is 0 Å². The largest absolute Gasteiger partial charge is 0.469 e. The molecule has 32 heavy (non-hydrogen) atoms. The van der Waals surface area contributed by atoms with E-state index in [1.54, 1.807) is 7.11 Å². The zero-order valence-electron chi connectivity index (χ0n) is 20.8. The van der Waals surface area contributed by atoms with Gasteiger partial charge in [-0.05, 0) is 6.42 Å². The summed E-state index contributed by atoms with van der Waals surface area (Å²) in [6, 6.07) is 0. The molecule has 2 N–H and O–H groups in total. The quantitative estimate of drug-likeness (QED) is 0.109. The fourth-order valence-electron chi connectivity index (χ4n) is 3.58. The van der Waals surface area contributed by atoms with E-state index in [9.17, 15) is 4.57 Å². The Morgan fingerprint density at radius 1 is 0.625 bits per heavy atom. The molecule has 8 heteroatoms. The molecule has 0 spiro atoms. The topological polar surface area (TPSA) is 94.5 Å². The van der Waals surface area contributed by atoms with Crippen LogP contribution in [0.2, 0.25) is 0 Å². The van der Waals surface area contributed by atoms with E-state index in [-0.39, 0.29) is 19.3 Å². The highest BCUT2D eigenvalue weighted by Gasteiger charge is 2.13.